The Bertz CT molecular complexity index is 389. The topological polar surface area (TPSA) is 12.9 Å². The van der Waals surface area contributed by atoms with E-state index < -0.39 is 35.2 Å². The first-order chi connectivity index (χ1) is 7.29. The number of hydrogen-bond acceptors (Lipinski definition) is 1. The number of rotatable bonds is 2. The van der Waals surface area contributed by atoms with Gasteiger partial charge in [0.1, 0.15) is 11.4 Å². The van der Waals surface area contributed by atoms with Crippen molar-refractivity contribution in [3.8, 4) is 0 Å². The van der Waals surface area contributed by atoms with Crippen molar-refractivity contribution in [2.75, 3.05) is 0 Å². The van der Waals surface area contributed by atoms with Gasteiger partial charge in [-0.15, -0.1) is 0 Å². The van der Waals surface area contributed by atoms with Crippen molar-refractivity contribution in [3.05, 3.63) is 28.8 Å². The zero-order valence-corrected chi connectivity index (χ0v) is 9.04. The van der Waals surface area contributed by atoms with Gasteiger partial charge in [-0.2, -0.15) is 13.2 Å². The Morgan fingerprint density at radius 1 is 1.31 bits per heavy atom. The molecule has 0 amide bonds. The molecule has 0 aliphatic carbocycles. The van der Waals surface area contributed by atoms with Crippen LogP contribution < -0.4 is 0 Å². The molecule has 0 aliphatic heterocycles. The van der Waals surface area contributed by atoms with Gasteiger partial charge < -0.3 is 0 Å². The third kappa shape index (κ3) is 2.47. The summed E-state index contributed by atoms with van der Waals surface area (Å²) in [6.45, 7) is 0. The summed E-state index contributed by atoms with van der Waals surface area (Å²) in [7, 11) is 0. The van der Waals surface area contributed by atoms with Crippen molar-refractivity contribution >= 4 is 15.9 Å². The van der Waals surface area contributed by atoms with Gasteiger partial charge in [0.25, 0.3) is 6.43 Å². The van der Waals surface area contributed by atoms with E-state index in [1.807, 2.05) is 0 Å². The van der Waals surface area contributed by atoms with Crippen molar-refractivity contribution in [2.24, 2.45) is 0 Å². The Morgan fingerprint density at radius 2 is 1.88 bits per heavy atom. The fourth-order valence-corrected chi connectivity index (χ4v) is 1.51. The predicted molar refractivity (Wildman–Crippen MR) is 46.8 cm³/mol. The number of alkyl halides is 6. The summed E-state index contributed by atoms with van der Waals surface area (Å²) in [5.74, 6) is -1.97. The van der Waals surface area contributed by atoms with E-state index in [0.717, 1.165) is 0 Å². The fourth-order valence-electron chi connectivity index (χ4n) is 1.07. The van der Waals surface area contributed by atoms with Crippen molar-refractivity contribution in [3.63, 3.8) is 0 Å². The minimum Gasteiger partial charge on any atom is -0.259 e. The number of nitrogens with zero attached hydrogens (tertiary/aromatic N) is 1. The highest BCUT2D eigenvalue weighted by Crippen LogP contribution is 2.36. The van der Waals surface area contributed by atoms with E-state index in [-0.39, 0.29) is 11.5 Å². The maximum atomic E-state index is 13.2. The van der Waals surface area contributed by atoms with Gasteiger partial charge >= 0.3 is 6.18 Å². The first-order valence-electron chi connectivity index (χ1n) is 3.87. The summed E-state index contributed by atoms with van der Waals surface area (Å²) in [4.78, 5) is 3.16. The van der Waals surface area contributed by atoms with E-state index >= 15 is 0 Å². The molecular weight excluding hydrogens is 304 g/mol. The molecule has 1 aromatic heterocycles. The van der Waals surface area contributed by atoms with E-state index in [9.17, 15) is 26.3 Å². The van der Waals surface area contributed by atoms with Crippen LogP contribution in [-0.4, -0.2) is 4.98 Å². The maximum absolute atomic E-state index is 13.2. The van der Waals surface area contributed by atoms with E-state index in [1.54, 1.807) is 0 Å². The van der Waals surface area contributed by atoms with Crippen LogP contribution in [0.25, 0.3) is 0 Å². The van der Waals surface area contributed by atoms with Gasteiger partial charge in [-0.3, -0.25) is 4.98 Å². The minimum absolute atomic E-state index is 0.206. The molecule has 0 bridgehead atoms. The van der Waals surface area contributed by atoms with Crippen LogP contribution in [0.4, 0.5) is 26.3 Å². The van der Waals surface area contributed by atoms with Gasteiger partial charge in [0.05, 0.1) is 11.3 Å². The smallest absolute Gasteiger partial charge is 0.259 e. The molecule has 0 spiro atoms. The normalized spacial score (nSPS) is 12.2. The number of halogens is 7. The van der Waals surface area contributed by atoms with Gasteiger partial charge in [0.15, 0.2) is 0 Å². The molecule has 90 valence electrons. The van der Waals surface area contributed by atoms with Crippen molar-refractivity contribution in [1.82, 2.24) is 4.98 Å². The van der Waals surface area contributed by atoms with E-state index in [1.165, 1.54) is 0 Å². The molecule has 1 aromatic rings. The molecule has 0 unspecified atom stereocenters. The van der Waals surface area contributed by atoms with Gasteiger partial charge in [-0.25, -0.2) is 13.2 Å². The summed E-state index contributed by atoms with van der Waals surface area (Å²) in [5, 5.41) is -0.248. The summed E-state index contributed by atoms with van der Waals surface area (Å²) in [6, 6.07) is 0. The molecule has 0 aliphatic rings. The summed E-state index contributed by atoms with van der Waals surface area (Å²) >= 11 is 2.74. The van der Waals surface area contributed by atoms with Crippen LogP contribution in [0, 0.1) is 5.82 Å². The highest BCUT2D eigenvalue weighted by Gasteiger charge is 2.37. The van der Waals surface area contributed by atoms with Gasteiger partial charge in [-0.05, 0) is 0 Å². The lowest BCUT2D eigenvalue weighted by Crippen LogP contribution is -2.13. The molecule has 0 N–H and O–H groups in total. The van der Waals surface area contributed by atoms with Crippen LogP contribution >= 0.6 is 15.9 Å². The predicted octanol–water partition coefficient (Wildman–Crippen LogP) is 4.07. The molecule has 8 heteroatoms. The molecule has 0 fully saturated rings. The molecule has 1 rings (SSSR count). The van der Waals surface area contributed by atoms with Crippen LogP contribution in [0.15, 0.2) is 6.20 Å². The quantitative estimate of drug-likeness (QED) is 0.593. The van der Waals surface area contributed by atoms with Crippen LogP contribution in [0.3, 0.4) is 0 Å². The average Bonchev–Trinajstić information content (AvgIpc) is 2.14. The molecule has 1 heterocycles. The Hall–Kier alpha value is -0.790. The zero-order valence-electron chi connectivity index (χ0n) is 7.45. The Labute approximate surface area is 94.6 Å². The van der Waals surface area contributed by atoms with Gasteiger partial charge in [-0.1, -0.05) is 15.9 Å². The van der Waals surface area contributed by atoms with Crippen LogP contribution in [0.5, 0.6) is 0 Å². The first-order valence-corrected chi connectivity index (χ1v) is 4.99. The molecule has 0 saturated carbocycles. The third-order valence-corrected chi connectivity index (χ3v) is 2.31. The second-order valence-corrected chi connectivity index (χ2v) is 3.34. The standard InChI is InChI=1S/C8H4BrF6N/c9-1-4-5(7(11)12)6(10)3(2-16-4)8(13,14)15/h2,7H,1H2. The van der Waals surface area contributed by atoms with Crippen LogP contribution in [0.1, 0.15) is 23.2 Å². The molecule has 16 heavy (non-hydrogen) atoms. The third-order valence-electron chi connectivity index (χ3n) is 1.78. The van der Waals surface area contributed by atoms with Crippen molar-refractivity contribution in [1.29, 1.82) is 0 Å². The Morgan fingerprint density at radius 3 is 2.25 bits per heavy atom. The second-order valence-electron chi connectivity index (χ2n) is 2.78. The van der Waals surface area contributed by atoms with Crippen LogP contribution in [0.2, 0.25) is 0 Å². The lowest BCUT2D eigenvalue weighted by atomic mass is 10.1. The monoisotopic (exact) mass is 307 g/mol. The summed E-state index contributed by atoms with van der Waals surface area (Å²) in [6.07, 6.45) is -8.18. The minimum atomic E-state index is -5.04. The Kier molecular flexibility index (Phi) is 3.82. The highest BCUT2D eigenvalue weighted by molar-refractivity contribution is 9.08. The van der Waals surface area contributed by atoms with E-state index in [4.69, 9.17) is 0 Å². The first kappa shape index (κ1) is 13.3. The molecule has 0 atom stereocenters. The lowest BCUT2D eigenvalue weighted by molar-refractivity contribution is -0.140. The van der Waals surface area contributed by atoms with Gasteiger partial charge in [0.2, 0.25) is 0 Å². The van der Waals surface area contributed by atoms with Crippen molar-refractivity contribution in [2.45, 2.75) is 17.9 Å². The number of aromatic nitrogens is 1. The molecule has 0 radical (unpaired) electrons. The number of pyridine rings is 1. The average molecular weight is 308 g/mol. The number of hydrogen-bond donors (Lipinski definition) is 0. The fraction of sp³-hybridized carbons (Fsp3) is 0.375. The molecular formula is C8H4BrF6N. The van der Waals surface area contributed by atoms with Crippen LogP contribution in [-0.2, 0) is 11.5 Å². The largest absolute Gasteiger partial charge is 0.420 e. The van der Waals surface area contributed by atoms with E-state index in [0.29, 0.717) is 0 Å². The molecule has 1 nitrogen and oxygen atoms in total. The lowest BCUT2D eigenvalue weighted by Gasteiger charge is -2.12. The molecule has 0 aromatic carbocycles. The van der Waals surface area contributed by atoms with Crippen molar-refractivity contribution < 1.29 is 26.3 Å². The zero-order chi connectivity index (χ0) is 12.5. The summed E-state index contributed by atoms with van der Waals surface area (Å²) in [5.41, 5.74) is -3.54. The maximum Gasteiger partial charge on any atom is 0.420 e. The highest BCUT2D eigenvalue weighted by atomic mass is 79.9. The Balaban J connectivity index is 3.44. The van der Waals surface area contributed by atoms with Gasteiger partial charge in [0, 0.05) is 11.5 Å². The second kappa shape index (κ2) is 4.60. The summed E-state index contributed by atoms with van der Waals surface area (Å²) < 4.78 is 74.5. The molecule has 0 saturated heterocycles. The SMILES string of the molecule is Fc1c(C(F)(F)F)cnc(CBr)c1C(F)F. The van der Waals surface area contributed by atoms with E-state index in [2.05, 4.69) is 20.9 Å².